The molecule has 0 unspecified atom stereocenters. The van der Waals surface area contributed by atoms with Crippen molar-refractivity contribution in [2.24, 2.45) is 0 Å². The van der Waals surface area contributed by atoms with Crippen molar-refractivity contribution in [2.45, 2.75) is 27.3 Å². The molecule has 0 bridgehead atoms. The third-order valence-electron chi connectivity index (χ3n) is 4.75. The minimum atomic E-state index is -0.214. The average molecular weight is 406 g/mol. The molecule has 0 atom stereocenters. The van der Waals surface area contributed by atoms with Gasteiger partial charge in [-0.3, -0.25) is 9.69 Å². The van der Waals surface area contributed by atoms with Gasteiger partial charge < -0.3 is 9.84 Å². The Morgan fingerprint density at radius 2 is 1.89 bits per heavy atom. The summed E-state index contributed by atoms with van der Waals surface area (Å²) in [5.74, 6) is 0.537. The Bertz CT molecular complexity index is 934. The lowest BCUT2D eigenvalue weighted by atomic mass is 9.99. The number of fused-ring (bicyclic) bond motifs is 1. The number of ether oxygens (including phenoxy) is 1. The van der Waals surface area contributed by atoms with Crippen LogP contribution in [0.15, 0.2) is 30.0 Å². The standard InChI is InChI=1S/C21H21Cl2NO3/c1-4-24(5-2)11-15-17(25)8-12(3)19-20(26)18(27-21(15)19)9-13-6-7-14(22)10-16(13)23/h6-10,25H,4-5,11H2,1-3H3/b18-9-. The number of hydrogen-bond donors (Lipinski definition) is 1. The van der Waals surface area contributed by atoms with Crippen LogP contribution in [0.3, 0.4) is 0 Å². The van der Waals surface area contributed by atoms with Gasteiger partial charge in [-0.05, 0) is 55.4 Å². The molecule has 1 aliphatic heterocycles. The molecule has 2 aromatic carbocycles. The van der Waals surface area contributed by atoms with E-state index in [0.29, 0.717) is 44.6 Å². The molecular weight excluding hydrogens is 385 g/mol. The lowest BCUT2D eigenvalue weighted by Gasteiger charge is -2.20. The van der Waals surface area contributed by atoms with Crippen LogP contribution in [-0.2, 0) is 6.54 Å². The van der Waals surface area contributed by atoms with Crippen LogP contribution in [0.2, 0.25) is 10.0 Å². The number of carbonyl (C=O) groups is 1. The number of allylic oxidation sites excluding steroid dienone is 1. The minimum Gasteiger partial charge on any atom is -0.507 e. The quantitative estimate of drug-likeness (QED) is 0.670. The number of aryl methyl sites for hydroxylation is 1. The number of nitrogens with zero attached hydrogens (tertiary/aromatic N) is 1. The van der Waals surface area contributed by atoms with E-state index in [1.54, 1.807) is 37.3 Å². The molecule has 0 aromatic heterocycles. The van der Waals surface area contributed by atoms with Gasteiger partial charge in [-0.1, -0.05) is 43.1 Å². The van der Waals surface area contributed by atoms with Gasteiger partial charge in [0.1, 0.15) is 11.5 Å². The molecule has 0 fully saturated rings. The van der Waals surface area contributed by atoms with Gasteiger partial charge in [0, 0.05) is 16.6 Å². The van der Waals surface area contributed by atoms with Crippen LogP contribution in [0.1, 0.15) is 40.9 Å². The van der Waals surface area contributed by atoms with Crippen LogP contribution in [0, 0.1) is 6.92 Å². The normalized spacial score (nSPS) is 14.7. The summed E-state index contributed by atoms with van der Waals surface area (Å²) >= 11 is 12.2. The van der Waals surface area contributed by atoms with Gasteiger partial charge in [-0.15, -0.1) is 0 Å². The van der Waals surface area contributed by atoms with Crippen LogP contribution < -0.4 is 4.74 Å². The molecule has 0 saturated carbocycles. The summed E-state index contributed by atoms with van der Waals surface area (Å²) in [6, 6.07) is 6.68. The van der Waals surface area contributed by atoms with Gasteiger partial charge in [0.15, 0.2) is 5.76 Å². The second-order valence-electron chi connectivity index (χ2n) is 6.46. The molecule has 0 spiro atoms. The molecule has 6 heteroatoms. The molecule has 2 aromatic rings. The number of hydrogen-bond acceptors (Lipinski definition) is 4. The first-order valence-corrected chi connectivity index (χ1v) is 9.58. The van der Waals surface area contributed by atoms with E-state index in [1.807, 2.05) is 0 Å². The summed E-state index contributed by atoms with van der Waals surface area (Å²) in [6.45, 7) is 8.05. The molecule has 142 valence electrons. The molecule has 3 rings (SSSR count). The second-order valence-corrected chi connectivity index (χ2v) is 7.31. The molecule has 0 aliphatic carbocycles. The fraction of sp³-hybridized carbons (Fsp3) is 0.286. The van der Waals surface area contributed by atoms with E-state index in [2.05, 4.69) is 18.7 Å². The smallest absolute Gasteiger partial charge is 0.232 e. The van der Waals surface area contributed by atoms with Crippen molar-refractivity contribution in [3.63, 3.8) is 0 Å². The van der Waals surface area contributed by atoms with Crippen LogP contribution in [-0.4, -0.2) is 28.9 Å². The van der Waals surface area contributed by atoms with E-state index in [0.717, 1.165) is 13.1 Å². The molecular formula is C21H21Cl2NO3. The van der Waals surface area contributed by atoms with Crippen molar-refractivity contribution < 1.29 is 14.6 Å². The predicted octanol–water partition coefficient (Wildman–Crippen LogP) is 5.47. The zero-order valence-corrected chi connectivity index (χ0v) is 17.0. The maximum absolute atomic E-state index is 12.9. The van der Waals surface area contributed by atoms with Crippen molar-refractivity contribution in [2.75, 3.05) is 13.1 Å². The summed E-state index contributed by atoms with van der Waals surface area (Å²) in [5.41, 5.74) is 2.44. The van der Waals surface area contributed by atoms with Gasteiger partial charge in [0.05, 0.1) is 11.1 Å². The van der Waals surface area contributed by atoms with Crippen LogP contribution in [0.5, 0.6) is 11.5 Å². The molecule has 0 saturated heterocycles. The van der Waals surface area contributed by atoms with E-state index in [4.69, 9.17) is 27.9 Å². The Hall–Kier alpha value is -2.01. The lowest BCUT2D eigenvalue weighted by molar-refractivity contribution is 0.101. The molecule has 27 heavy (non-hydrogen) atoms. The SMILES string of the molecule is CCN(CC)Cc1c(O)cc(C)c2c1O/C(=C\c1ccc(Cl)cc1Cl)C2=O. The number of aromatic hydroxyl groups is 1. The van der Waals surface area contributed by atoms with Crippen LogP contribution in [0.4, 0.5) is 0 Å². The van der Waals surface area contributed by atoms with Crippen molar-refractivity contribution in [1.29, 1.82) is 0 Å². The third-order valence-corrected chi connectivity index (χ3v) is 5.31. The first-order chi connectivity index (χ1) is 12.8. The molecule has 0 amide bonds. The fourth-order valence-corrected chi connectivity index (χ4v) is 3.63. The Balaban J connectivity index is 2.05. The van der Waals surface area contributed by atoms with Gasteiger partial charge in [-0.2, -0.15) is 0 Å². The van der Waals surface area contributed by atoms with Crippen LogP contribution >= 0.6 is 23.2 Å². The molecule has 4 nitrogen and oxygen atoms in total. The number of carbonyl (C=O) groups excluding carboxylic acids is 1. The maximum Gasteiger partial charge on any atom is 0.232 e. The number of phenolic OH excluding ortho intramolecular Hbond substituents is 1. The number of benzene rings is 2. The number of Topliss-reactive ketones (excluding diaryl/α,β-unsaturated/α-hetero) is 1. The Kier molecular flexibility index (Phi) is 5.80. The molecule has 1 N–H and O–H groups in total. The van der Waals surface area contributed by atoms with Crippen molar-refractivity contribution in [1.82, 2.24) is 4.90 Å². The summed E-state index contributed by atoms with van der Waals surface area (Å²) in [4.78, 5) is 15.1. The highest BCUT2D eigenvalue weighted by Crippen LogP contribution is 2.42. The Morgan fingerprint density at radius 3 is 2.52 bits per heavy atom. The summed E-state index contributed by atoms with van der Waals surface area (Å²) < 4.78 is 5.92. The summed E-state index contributed by atoms with van der Waals surface area (Å²) in [7, 11) is 0. The van der Waals surface area contributed by atoms with Gasteiger partial charge >= 0.3 is 0 Å². The largest absolute Gasteiger partial charge is 0.507 e. The van der Waals surface area contributed by atoms with Gasteiger partial charge in [0.25, 0.3) is 0 Å². The molecule has 1 heterocycles. The number of rotatable bonds is 5. The van der Waals surface area contributed by atoms with E-state index in [9.17, 15) is 9.90 Å². The fourth-order valence-electron chi connectivity index (χ4n) is 3.16. The molecule has 1 aliphatic rings. The van der Waals surface area contributed by atoms with E-state index in [-0.39, 0.29) is 17.3 Å². The van der Waals surface area contributed by atoms with Gasteiger partial charge in [0.2, 0.25) is 5.78 Å². The van der Waals surface area contributed by atoms with Gasteiger partial charge in [-0.25, -0.2) is 0 Å². The minimum absolute atomic E-state index is 0.136. The highest BCUT2D eigenvalue weighted by atomic mass is 35.5. The highest BCUT2D eigenvalue weighted by molar-refractivity contribution is 6.35. The van der Waals surface area contributed by atoms with E-state index in [1.165, 1.54) is 0 Å². The first-order valence-electron chi connectivity index (χ1n) is 8.82. The second kappa shape index (κ2) is 7.93. The number of phenols is 1. The monoisotopic (exact) mass is 405 g/mol. The Labute approximate surface area is 169 Å². The summed E-state index contributed by atoms with van der Waals surface area (Å²) in [5, 5.41) is 11.4. The van der Waals surface area contributed by atoms with E-state index < -0.39 is 0 Å². The predicted molar refractivity (Wildman–Crippen MR) is 109 cm³/mol. The number of ketones is 1. The topological polar surface area (TPSA) is 49.8 Å². The van der Waals surface area contributed by atoms with Crippen molar-refractivity contribution in [3.05, 3.63) is 62.3 Å². The first kappa shape index (κ1) is 19.7. The molecule has 0 radical (unpaired) electrons. The van der Waals surface area contributed by atoms with Crippen molar-refractivity contribution in [3.8, 4) is 11.5 Å². The van der Waals surface area contributed by atoms with Crippen molar-refractivity contribution >= 4 is 35.1 Å². The maximum atomic E-state index is 12.9. The Morgan fingerprint density at radius 1 is 1.19 bits per heavy atom. The zero-order valence-electron chi connectivity index (χ0n) is 15.5. The average Bonchev–Trinajstić information content (AvgIpc) is 2.94. The number of halogens is 2. The van der Waals surface area contributed by atoms with E-state index >= 15 is 0 Å². The van der Waals surface area contributed by atoms with Crippen LogP contribution in [0.25, 0.3) is 6.08 Å². The zero-order chi connectivity index (χ0) is 19.7. The summed E-state index contributed by atoms with van der Waals surface area (Å²) in [6.07, 6.45) is 1.61. The highest BCUT2D eigenvalue weighted by Gasteiger charge is 2.33. The third kappa shape index (κ3) is 3.84. The lowest BCUT2D eigenvalue weighted by Crippen LogP contribution is -2.22.